The molecule has 86 valence electrons. The molecule has 1 atom stereocenters. The van der Waals surface area contributed by atoms with Gasteiger partial charge in [-0.1, -0.05) is 12.8 Å². The SMILES string of the molecule is O=C(OC1CCCCC1)[C@@H]1CCCCN1. The van der Waals surface area contributed by atoms with Crippen LogP contribution in [0.3, 0.4) is 0 Å². The van der Waals surface area contributed by atoms with Gasteiger partial charge in [0.25, 0.3) is 0 Å². The van der Waals surface area contributed by atoms with E-state index < -0.39 is 0 Å². The van der Waals surface area contributed by atoms with Crippen LogP contribution in [0.15, 0.2) is 0 Å². The third-order valence-electron chi connectivity index (χ3n) is 3.43. The third kappa shape index (κ3) is 3.20. The van der Waals surface area contributed by atoms with Gasteiger partial charge in [0.1, 0.15) is 12.1 Å². The Hall–Kier alpha value is -0.570. The van der Waals surface area contributed by atoms with E-state index >= 15 is 0 Å². The number of rotatable bonds is 2. The van der Waals surface area contributed by atoms with Gasteiger partial charge >= 0.3 is 5.97 Å². The van der Waals surface area contributed by atoms with Gasteiger partial charge in [0, 0.05) is 0 Å². The van der Waals surface area contributed by atoms with Crippen molar-refractivity contribution < 1.29 is 9.53 Å². The molecule has 0 bridgehead atoms. The molecule has 2 aliphatic rings. The summed E-state index contributed by atoms with van der Waals surface area (Å²) in [5.74, 6) is -0.0124. The van der Waals surface area contributed by atoms with Crippen LogP contribution in [-0.2, 0) is 9.53 Å². The van der Waals surface area contributed by atoms with E-state index in [1.807, 2.05) is 0 Å². The van der Waals surface area contributed by atoms with Gasteiger partial charge in [-0.05, 0) is 45.1 Å². The van der Waals surface area contributed by atoms with Crippen LogP contribution >= 0.6 is 0 Å². The van der Waals surface area contributed by atoms with E-state index in [0.29, 0.717) is 0 Å². The van der Waals surface area contributed by atoms with E-state index in [0.717, 1.165) is 32.2 Å². The van der Waals surface area contributed by atoms with Gasteiger partial charge in [0.05, 0.1) is 0 Å². The molecule has 15 heavy (non-hydrogen) atoms. The highest BCUT2D eigenvalue weighted by Crippen LogP contribution is 2.21. The standard InChI is InChI=1S/C12H21NO2/c14-12(11-8-4-5-9-13-11)15-10-6-2-1-3-7-10/h10-11,13H,1-9H2/t11-/m0/s1. The lowest BCUT2D eigenvalue weighted by molar-refractivity contribution is -0.153. The minimum atomic E-state index is -0.0272. The summed E-state index contributed by atoms with van der Waals surface area (Å²) >= 11 is 0. The quantitative estimate of drug-likeness (QED) is 0.710. The van der Waals surface area contributed by atoms with Crippen molar-refractivity contribution in [3.63, 3.8) is 0 Å². The van der Waals surface area contributed by atoms with E-state index in [1.165, 1.54) is 25.7 Å². The molecule has 0 radical (unpaired) electrons. The topological polar surface area (TPSA) is 38.3 Å². The molecule has 2 fully saturated rings. The smallest absolute Gasteiger partial charge is 0.323 e. The largest absolute Gasteiger partial charge is 0.461 e. The molecule has 1 saturated heterocycles. The zero-order valence-electron chi connectivity index (χ0n) is 9.34. The van der Waals surface area contributed by atoms with E-state index in [4.69, 9.17) is 4.74 Å². The molecule has 2 rings (SSSR count). The average Bonchev–Trinajstić information content (AvgIpc) is 2.31. The van der Waals surface area contributed by atoms with Crippen LogP contribution in [0.4, 0.5) is 0 Å². The Labute approximate surface area is 91.6 Å². The highest BCUT2D eigenvalue weighted by atomic mass is 16.5. The lowest BCUT2D eigenvalue weighted by Gasteiger charge is -2.26. The Bertz CT molecular complexity index is 206. The predicted molar refractivity (Wildman–Crippen MR) is 58.6 cm³/mol. The zero-order chi connectivity index (χ0) is 10.5. The summed E-state index contributed by atoms with van der Waals surface area (Å²) in [7, 11) is 0. The first kappa shape index (κ1) is 10.9. The Morgan fingerprint density at radius 1 is 1.00 bits per heavy atom. The van der Waals surface area contributed by atoms with Gasteiger partial charge in [0.15, 0.2) is 0 Å². The molecule has 1 N–H and O–H groups in total. The van der Waals surface area contributed by atoms with Gasteiger partial charge in [-0.25, -0.2) is 0 Å². The second kappa shape index (κ2) is 5.50. The maximum Gasteiger partial charge on any atom is 0.323 e. The predicted octanol–water partition coefficient (Wildman–Crippen LogP) is 2.00. The van der Waals surface area contributed by atoms with Gasteiger partial charge in [0.2, 0.25) is 0 Å². The monoisotopic (exact) mass is 211 g/mol. The molecule has 1 heterocycles. The summed E-state index contributed by atoms with van der Waals surface area (Å²) in [6.45, 7) is 0.963. The van der Waals surface area contributed by atoms with Crippen molar-refractivity contribution in [2.24, 2.45) is 0 Å². The number of ether oxygens (including phenoxy) is 1. The number of carbonyl (C=O) groups excluding carboxylic acids is 1. The molecule has 3 nitrogen and oxygen atoms in total. The molecule has 0 aromatic carbocycles. The third-order valence-corrected chi connectivity index (χ3v) is 3.43. The minimum absolute atomic E-state index is 0.0124. The van der Waals surface area contributed by atoms with Crippen LogP contribution in [0, 0.1) is 0 Å². The van der Waals surface area contributed by atoms with Crippen molar-refractivity contribution in [3.8, 4) is 0 Å². The molecule has 0 amide bonds. The van der Waals surface area contributed by atoms with Crippen LogP contribution in [0.5, 0.6) is 0 Å². The Kier molecular flexibility index (Phi) is 4.01. The lowest BCUT2D eigenvalue weighted by atomic mass is 9.97. The molecule has 0 spiro atoms. The first-order valence-electron chi connectivity index (χ1n) is 6.30. The Balaban J connectivity index is 1.74. The molecule has 0 unspecified atom stereocenters. The summed E-state index contributed by atoms with van der Waals surface area (Å²) in [6.07, 6.45) is 9.37. The van der Waals surface area contributed by atoms with E-state index in [-0.39, 0.29) is 18.1 Å². The summed E-state index contributed by atoms with van der Waals surface area (Å²) < 4.78 is 5.53. The second-order valence-corrected chi connectivity index (χ2v) is 4.70. The van der Waals surface area contributed by atoms with Crippen molar-refractivity contribution in [2.75, 3.05) is 6.54 Å². The number of hydrogen-bond donors (Lipinski definition) is 1. The first-order chi connectivity index (χ1) is 7.36. The normalized spacial score (nSPS) is 28.7. The summed E-state index contributed by atoms with van der Waals surface area (Å²) in [4.78, 5) is 11.8. The molecule has 3 heteroatoms. The van der Waals surface area contributed by atoms with Crippen molar-refractivity contribution in [1.82, 2.24) is 5.32 Å². The number of esters is 1. The average molecular weight is 211 g/mol. The molecular weight excluding hydrogens is 190 g/mol. The van der Waals surface area contributed by atoms with Crippen LogP contribution in [0.1, 0.15) is 51.4 Å². The fourth-order valence-corrected chi connectivity index (χ4v) is 2.48. The number of nitrogens with one attached hydrogen (secondary N) is 1. The molecule has 0 aromatic heterocycles. The van der Waals surface area contributed by atoms with Gasteiger partial charge in [-0.15, -0.1) is 0 Å². The maximum absolute atomic E-state index is 11.8. The summed E-state index contributed by atoms with van der Waals surface area (Å²) in [5, 5.41) is 3.23. The summed E-state index contributed by atoms with van der Waals surface area (Å²) in [6, 6.07) is -0.0272. The van der Waals surface area contributed by atoms with E-state index in [2.05, 4.69) is 5.32 Å². The van der Waals surface area contributed by atoms with E-state index in [9.17, 15) is 4.79 Å². The van der Waals surface area contributed by atoms with Crippen molar-refractivity contribution in [1.29, 1.82) is 0 Å². The molecule has 1 aliphatic heterocycles. The Morgan fingerprint density at radius 3 is 2.40 bits per heavy atom. The van der Waals surface area contributed by atoms with Crippen LogP contribution in [0.2, 0.25) is 0 Å². The molecule has 1 aliphatic carbocycles. The van der Waals surface area contributed by atoms with Gasteiger partial charge in [-0.2, -0.15) is 0 Å². The fourth-order valence-electron chi connectivity index (χ4n) is 2.48. The van der Waals surface area contributed by atoms with Crippen LogP contribution in [-0.4, -0.2) is 24.7 Å². The molecule has 0 aromatic rings. The van der Waals surface area contributed by atoms with Gasteiger partial charge < -0.3 is 10.1 Å². The van der Waals surface area contributed by atoms with Crippen LogP contribution < -0.4 is 5.32 Å². The fraction of sp³-hybridized carbons (Fsp3) is 0.917. The molecular formula is C12H21NO2. The first-order valence-corrected chi connectivity index (χ1v) is 6.30. The van der Waals surface area contributed by atoms with Crippen molar-refractivity contribution >= 4 is 5.97 Å². The molecule has 1 saturated carbocycles. The highest BCUT2D eigenvalue weighted by Gasteiger charge is 2.25. The van der Waals surface area contributed by atoms with Gasteiger partial charge in [-0.3, -0.25) is 4.79 Å². The number of hydrogen-bond acceptors (Lipinski definition) is 3. The zero-order valence-corrected chi connectivity index (χ0v) is 9.34. The number of carbonyl (C=O) groups is 1. The maximum atomic E-state index is 11.8. The number of piperidine rings is 1. The van der Waals surface area contributed by atoms with Crippen LogP contribution in [0.25, 0.3) is 0 Å². The lowest BCUT2D eigenvalue weighted by Crippen LogP contribution is -2.42. The van der Waals surface area contributed by atoms with Crippen molar-refractivity contribution in [2.45, 2.75) is 63.5 Å². The Morgan fingerprint density at radius 2 is 1.73 bits per heavy atom. The minimum Gasteiger partial charge on any atom is -0.461 e. The van der Waals surface area contributed by atoms with E-state index in [1.54, 1.807) is 0 Å². The highest BCUT2D eigenvalue weighted by molar-refractivity contribution is 5.76. The second-order valence-electron chi connectivity index (χ2n) is 4.70. The van der Waals surface area contributed by atoms with Crippen molar-refractivity contribution in [3.05, 3.63) is 0 Å². The summed E-state index contributed by atoms with van der Waals surface area (Å²) in [5.41, 5.74) is 0.